The van der Waals surface area contributed by atoms with Gasteiger partial charge in [0.2, 0.25) is 0 Å². The first-order valence-corrected chi connectivity index (χ1v) is 7.18. The molecule has 1 N–H and O–H groups in total. The van der Waals surface area contributed by atoms with E-state index in [1.54, 1.807) is 19.8 Å². The number of hydrogen-bond acceptors (Lipinski definition) is 5. The van der Waals surface area contributed by atoms with Gasteiger partial charge in [0.1, 0.15) is 6.33 Å². The van der Waals surface area contributed by atoms with E-state index in [4.69, 9.17) is 4.74 Å². The standard InChI is InChI=1S/C16H19N5O/c1-11-4-5-12(2)13(8-11)20-15-14-16(18-9-17-15)21(10-19-14)6-7-22-3/h4-5,8-10H,6-7H2,1-3H3,(H,17,18,20). The summed E-state index contributed by atoms with van der Waals surface area (Å²) in [5.74, 6) is 0.717. The number of anilines is 2. The van der Waals surface area contributed by atoms with Crippen LogP contribution in [0.25, 0.3) is 11.2 Å². The van der Waals surface area contributed by atoms with Crippen LogP contribution in [-0.4, -0.2) is 33.2 Å². The molecule has 0 radical (unpaired) electrons. The number of methoxy groups -OCH3 is 1. The lowest BCUT2D eigenvalue weighted by Gasteiger charge is -2.10. The first-order chi connectivity index (χ1) is 10.7. The number of aryl methyl sites for hydroxylation is 2. The fraction of sp³-hybridized carbons (Fsp3) is 0.312. The lowest BCUT2D eigenvalue weighted by Crippen LogP contribution is -2.04. The average Bonchev–Trinajstić information content (AvgIpc) is 2.93. The van der Waals surface area contributed by atoms with Crippen LogP contribution in [0.1, 0.15) is 11.1 Å². The Kier molecular flexibility index (Phi) is 4.02. The number of aromatic nitrogens is 4. The van der Waals surface area contributed by atoms with Crippen molar-refractivity contribution >= 4 is 22.7 Å². The van der Waals surface area contributed by atoms with Gasteiger partial charge in [0, 0.05) is 19.3 Å². The molecule has 0 aliphatic carbocycles. The quantitative estimate of drug-likeness (QED) is 0.784. The third-order valence-corrected chi connectivity index (χ3v) is 3.58. The maximum atomic E-state index is 5.11. The highest BCUT2D eigenvalue weighted by atomic mass is 16.5. The molecule has 0 atom stereocenters. The van der Waals surface area contributed by atoms with Gasteiger partial charge < -0.3 is 14.6 Å². The number of benzene rings is 1. The summed E-state index contributed by atoms with van der Waals surface area (Å²) in [6, 6.07) is 6.29. The van der Waals surface area contributed by atoms with Crippen LogP contribution in [-0.2, 0) is 11.3 Å². The molecule has 0 unspecified atom stereocenters. The van der Waals surface area contributed by atoms with Crippen LogP contribution in [0, 0.1) is 13.8 Å². The van der Waals surface area contributed by atoms with Gasteiger partial charge in [-0.1, -0.05) is 12.1 Å². The predicted octanol–water partition coefficient (Wildman–Crippen LogP) is 2.83. The summed E-state index contributed by atoms with van der Waals surface area (Å²) in [6.45, 7) is 5.47. The van der Waals surface area contributed by atoms with E-state index in [2.05, 4.69) is 52.3 Å². The molecule has 0 saturated carbocycles. The Morgan fingerprint density at radius 3 is 2.86 bits per heavy atom. The lowest BCUT2D eigenvalue weighted by atomic mass is 10.1. The van der Waals surface area contributed by atoms with Gasteiger partial charge in [-0.2, -0.15) is 0 Å². The molecule has 0 aliphatic rings. The van der Waals surface area contributed by atoms with Crippen LogP contribution < -0.4 is 5.32 Å². The highest BCUT2D eigenvalue weighted by Gasteiger charge is 2.11. The fourth-order valence-electron chi connectivity index (χ4n) is 2.32. The third kappa shape index (κ3) is 2.78. The summed E-state index contributed by atoms with van der Waals surface area (Å²) in [5, 5.41) is 3.37. The molecular formula is C16H19N5O. The Bertz CT molecular complexity index is 796. The van der Waals surface area contributed by atoms with E-state index >= 15 is 0 Å². The molecule has 1 aromatic carbocycles. The SMILES string of the molecule is COCCn1cnc2c(Nc3cc(C)ccc3C)ncnc21. The molecule has 2 aromatic heterocycles. The zero-order valence-corrected chi connectivity index (χ0v) is 13.0. The van der Waals surface area contributed by atoms with Crippen molar-refractivity contribution in [3.8, 4) is 0 Å². The second-order valence-corrected chi connectivity index (χ2v) is 5.27. The first kappa shape index (κ1) is 14.5. The second-order valence-electron chi connectivity index (χ2n) is 5.27. The van der Waals surface area contributed by atoms with Gasteiger partial charge in [-0.25, -0.2) is 15.0 Å². The van der Waals surface area contributed by atoms with E-state index in [0.29, 0.717) is 13.2 Å². The highest BCUT2D eigenvalue weighted by molar-refractivity contribution is 5.85. The minimum Gasteiger partial charge on any atom is -0.383 e. The van der Waals surface area contributed by atoms with Crippen molar-refractivity contribution < 1.29 is 4.74 Å². The number of ether oxygens (including phenoxy) is 1. The number of rotatable bonds is 5. The topological polar surface area (TPSA) is 64.9 Å². The van der Waals surface area contributed by atoms with E-state index in [1.165, 1.54) is 5.56 Å². The monoisotopic (exact) mass is 297 g/mol. The molecule has 0 bridgehead atoms. The summed E-state index contributed by atoms with van der Waals surface area (Å²) in [5.41, 5.74) is 4.96. The molecule has 2 heterocycles. The van der Waals surface area contributed by atoms with E-state index in [0.717, 1.165) is 28.2 Å². The summed E-state index contributed by atoms with van der Waals surface area (Å²) in [7, 11) is 1.68. The van der Waals surface area contributed by atoms with Crippen LogP contribution in [0.4, 0.5) is 11.5 Å². The maximum absolute atomic E-state index is 5.11. The summed E-state index contributed by atoms with van der Waals surface area (Å²) < 4.78 is 7.08. The van der Waals surface area contributed by atoms with Gasteiger partial charge in [0.05, 0.1) is 12.9 Å². The Morgan fingerprint density at radius 1 is 1.18 bits per heavy atom. The van der Waals surface area contributed by atoms with Gasteiger partial charge in [0.15, 0.2) is 17.0 Å². The fourth-order valence-corrected chi connectivity index (χ4v) is 2.32. The van der Waals surface area contributed by atoms with E-state index in [1.807, 2.05) is 4.57 Å². The molecular weight excluding hydrogens is 278 g/mol. The van der Waals surface area contributed by atoms with Crippen molar-refractivity contribution in [3.63, 3.8) is 0 Å². The number of imidazole rings is 1. The molecule has 114 valence electrons. The van der Waals surface area contributed by atoms with Gasteiger partial charge >= 0.3 is 0 Å². The molecule has 22 heavy (non-hydrogen) atoms. The molecule has 0 aliphatic heterocycles. The smallest absolute Gasteiger partial charge is 0.165 e. The largest absolute Gasteiger partial charge is 0.383 e. The zero-order chi connectivity index (χ0) is 15.5. The van der Waals surface area contributed by atoms with Gasteiger partial charge in [-0.3, -0.25) is 0 Å². The van der Waals surface area contributed by atoms with Crippen LogP contribution in [0.2, 0.25) is 0 Å². The van der Waals surface area contributed by atoms with Crippen molar-refractivity contribution in [2.24, 2.45) is 0 Å². The molecule has 0 fully saturated rings. The Morgan fingerprint density at radius 2 is 2.05 bits per heavy atom. The van der Waals surface area contributed by atoms with Crippen molar-refractivity contribution in [2.45, 2.75) is 20.4 Å². The first-order valence-electron chi connectivity index (χ1n) is 7.18. The van der Waals surface area contributed by atoms with Crippen molar-refractivity contribution in [1.29, 1.82) is 0 Å². The molecule has 3 rings (SSSR count). The third-order valence-electron chi connectivity index (χ3n) is 3.58. The number of fused-ring (bicyclic) bond motifs is 1. The Labute approximate surface area is 129 Å². The van der Waals surface area contributed by atoms with Crippen LogP contribution in [0.3, 0.4) is 0 Å². The highest BCUT2D eigenvalue weighted by Crippen LogP contribution is 2.24. The minimum absolute atomic E-state index is 0.620. The average molecular weight is 297 g/mol. The normalized spacial score (nSPS) is 11.0. The molecule has 0 saturated heterocycles. The lowest BCUT2D eigenvalue weighted by molar-refractivity contribution is 0.188. The Hall–Kier alpha value is -2.47. The summed E-state index contributed by atoms with van der Waals surface area (Å²) >= 11 is 0. The molecule has 0 amide bonds. The van der Waals surface area contributed by atoms with Crippen LogP contribution in [0.5, 0.6) is 0 Å². The number of hydrogen-bond donors (Lipinski definition) is 1. The van der Waals surface area contributed by atoms with Crippen molar-refractivity contribution in [2.75, 3.05) is 19.0 Å². The molecule has 6 heteroatoms. The molecule has 0 spiro atoms. The zero-order valence-electron chi connectivity index (χ0n) is 13.0. The van der Waals surface area contributed by atoms with E-state index < -0.39 is 0 Å². The summed E-state index contributed by atoms with van der Waals surface area (Å²) in [4.78, 5) is 13.1. The van der Waals surface area contributed by atoms with Gasteiger partial charge in [0.25, 0.3) is 0 Å². The number of nitrogens with zero attached hydrogens (tertiary/aromatic N) is 4. The number of nitrogens with one attached hydrogen (secondary N) is 1. The van der Waals surface area contributed by atoms with Gasteiger partial charge in [-0.15, -0.1) is 0 Å². The van der Waals surface area contributed by atoms with Crippen LogP contribution >= 0.6 is 0 Å². The van der Waals surface area contributed by atoms with E-state index in [-0.39, 0.29) is 0 Å². The van der Waals surface area contributed by atoms with Crippen LogP contribution in [0.15, 0.2) is 30.9 Å². The Balaban J connectivity index is 1.97. The summed E-state index contributed by atoms with van der Waals surface area (Å²) in [6.07, 6.45) is 3.33. The minimum atomic E-state index is 0.620. The molecule has 6 nitrogen and oxygen atoms in total. The predicted molar refractivity (Wildman–Crippen MR) is 86.4 cm³/mol. The van der Waals surface area contributed by atoms with Crippen molar-refractivity contribution in [3.05, 3.63) is 42.0 Å². The van der Waals surface area contributed by atoms with E-state index in [9.17, 15) is 0 Å². The second kappa shape index (κ2) is 6.11. The van der Waals surface area contributed by atoms with Crippen molar-refractivity contribution in [1.82, 2.24) is 19.5 Å². The van der Waals surface area contributed by atoms with Gasteiger partial charge in [-0.05, 0) is 31.0 Å². The molecule has 3 aromatic rings. The maximum Gasteiger partial charge on any atom is 0.165 e.